The number of nitrogens with zero attached hydrogens (tertiary/aromatic N) is 2. The van der Waals surface area contributed by atoms with Crippen molar-refractivity contribution in [2.45, 2.75) is 70.3 Å². The molecule has 0 bridgehead atoms. The summed E-state index contributed by atoms with van der Waals surface area (Å²) in [4.78, 5) is 18.5. The number of carbonyl (C=O) groups excluding carboxylic acids is 1. The monoisotopic (exact) mass is 328 g/mol. The van der Waals surface area contributed by atoms with E-state index in [-0.39, 0.29) is 6.09 Å². The van der Waals surface area contributed by atoms with Crippen molar-refractivity contribution in [1.29, 1.82) is 0 Å². The topological polar surface area (TPSA) is 42.4 Å². The Kier molecular flexibility index (Phi) is 3.63. The quantitative estimate of drug-likeness (QED) is 0.805. The van der Waals surface area contributed by atoms with Crippen molar-refractivity contribution in [2.24, 2.45) is 5.41 Å². The van der Waals surface area contributed by atoms with Crippen LogP contribution in [0.25, 0.3) is 0 Å². The molecule has 2 saturated carbocycles. The highest BCUT2D eigenvalue weighted by molar-refractivity contribution is 5.69. The zero-order chi connectivity index (χ0) is 16.9. The lowest BCUT2D eigenvalue weighted by atomic mass is 9.51. The Morgan fingerprint density at radius 1 is 1.21 bits per heavy atom. The van der Waals surface area contributed by atoms with Crippen molar-refractivity contribution in [3.05, 3.63) is 29.6 Å². The van der Waals surface area contributed by atoms with Gasteiger partial charge in [0, 0.05) is 36.8 Å². The van der Waals surface area contributed by atoms with Gasteiger partial charge in [0.2, 0.25) is 0 Å². The van der Waals surface area contributed by atoms with Crippen LogP contribution in [0.1, 0.15) is 76.0 Å². The summed E-state index contributed by atoms with van der Waals surface area (Å²) < 4.78 is 5.41. The lowest BCUT2D eigenvalue weighted by molar-refractivity contribution is 0.00734. The zero-order valence-electron chi connectivity index (χ0n) is 15.0. The first-order chi connectivity index (χ1) is 11.3. The molecule has 0 atom stereocenters. The molecule has 3 fully saturated rings. The second-order valence-corrected chi connectivity index (χ2v) is 9.06. The van der Waals surface area contributed by atoms with Gasteiger partial charge in [-0.2, -0.15) is 0 Å². The Hall–Kier alpha value is -1.58. The molecule has 0 radical (unpaired) electrons. The lowest BCUT2D eigenvalue weighted by Crippen LogP contribution is -2.50. The number of carbonyl (C=O) groups is 1. The molecule has 24 heavy (non-hydrogen) atoms. The summed E-state index contributed by atoms with van der Waals surface area (Å²) in [6, 6.07) is 4.42. The first-order valence-electron chi connectivity index (χ1n) is 9.27. The molecule has 2 aliphatic carbocycles. The van der Waals surface area contributed by atoms with Gasteiger partial charge in [-0.3, -0.25) is 4.98 Å². The summed E-state index contributed by atoms with van der Waals surface area (Å²) in [5, 5.41) is 0. The van der Waals surface area contributed by atoms with Gasteiger partial charge in [0.05, 0.1) is 0 Å². The molecule has 3 aliphatic rings. The predicted molar refractivity (Wildman–Crippen MR) is 93.0 cm³/mol. The van der Waals surface area contributed by atoms with E-state index in [0.29, 0.717) is 17.3 Å². The maximum absolute atomic E-state index is 12.0. The van der Waals surface area contributed by atoms with E-state index in [1.165, 1.54) is 43.4 Å². The SMILES string of the molecule is CC(C)(C)OC(=O)N1CC(c2ccc(C3CC4(CCC4)C3)nc2)C1. The van der Waals surface area contributed by atoms with E-state index >= 15 is 0 Å². The molecule has 4 heteroatoms. The minimum absolute atomic E-state index is 0.205. The lowest BCUT2D eigenvalue weighted by Gasteiger charge is -2.54. The Morgan fingerprint density at radius 2 is 1.92 bits per heavy atom. The molecule has 0 unspecified atom stereocenters. The van der Waals surface area contributed by atoms with Gasteiger partial charge in [-0.05, 0) is 63.5 Å². The fourth-order valence-electron chi connectivity index (χ4n) is 4.34. The zero-order valence-corrected chi connectivity index (χ0v) is 15.0. The van der Waals surface area contributed by atoms with Crippen LogP contribution >= 0.6 is 0 Å². The van der Waals surface area contributed by atoms with Crippen LogP contribution in [-0.4, -0.2) is 34.7 Å². The molecule has 1 spiro atoms. The van der Waals surface area contributed by atoms with Gasteiger partial charge >= 0.3 is 6.09 Å². The number of hydrogen-bond donors (Lipinski definition) is 0. The van der Waals surface area contributed by atoms with Crippen LogP contribution in [0.3, 0.4) is 0 Å². The summed E-state index contributed by atoms with van der Waals surface area (Å²) in [7, 11) is 0. The minimum atomic E-state index is -0.425. The van der Waals surface area contributed by atoms with Crippen molar-refractivity contribution in [3.8, 4) is 0 Å². The van der Waals surface area contributed by atoms with Gasteiger partial charge in [-0.25, -0.2) is 4.79 Å². The van der Waals surface area contributed by atoms with E-state index in [1.54, 1.807) is 4.90 Å². The second-order valence-electron chi connectivity index (χ2n) is 9.06. The van der Waals surface area contributed by atoms with Crippen molar-refractivity contribution in [2.75, 3.05) is 13.1 Å². The van der Waals surface area contributed by atoms with E-state index in [4.69, 9.17) is 9.72 Å². The maximum atomic E-state index is 12.0. The predicted octanol–water partition coefficient (Wildman–Crippen LogP) is 4.46. The second kappa shape index (κ2) is 5.47. The summed E-state index contributed by atoms with van der Waals surface area (Å²) in [5.74, 6) is 1.08. The average molecular weight is 328 g/mol. The Balaban J connectivity index is 1.28. The smallest absolute Gasteiger partial charge is 0.410 e. The summed E-state index contributed by atoms with van der Waals surface area (Å²) >= 11 is 0. The Bertz CT molecular complexity index is 614. The van der Waals surface area contributed by atoms with Crippen molar-refractivity contribution >= 4 is 6.09 Å². The van der Waals surface area contributed by atoms with E-state index < -0.39 is 5.60 Å². The van der Waals surface area contributed by atoms with Crippen LogP contribution in [0.5, 0.6) is 0 Å². The third-order valence-corrected chi connectivity index (χ3v) is 6.01. The Labute approximate surface area is 144 Å². The van der Waals surface area contributed by atoms with Gasteiger partial charge in [0.15, 0.2) is 0 Å². The Morgan fingerprint density at radius 3 is 2.42 bits per heavy atom. The van der Waals surface area contributed by atoms with Crippen LogP contribution in [0.4, 0.5) is 4.79 Å². The molecule has 4 nitrogen and oxygen atoms in total. The van der Waals surface area contributed by atoms with Gasteiger partial charge in [-0.15, -0.1) is 0 Å². The minimum Gasteiger partial charge on any atom is -0.444 e. The van der Waals surface area contributed by atoms with E-state index in [1.807, 2.05) is 27.0 Å². The summed E-state index contributed by atoms with van der Waals surface area (Å²) in [6.07, 6.45) is 8.80. The van der Waals surface area contributed by atoms with Crippen molar-refractivity contribution in [1.82, 2.24) is 9.88 Å². The molecule has 2 heterocycles. The van der Waals surface area contributed by atoms with Crippen LogP contribution < -0.4 is 0 Å². The first-order valence-corrected chi connectivity index (χ1v) is 9.27. The molecule has 1 aliphatic heterocycles. The molecule has 1 aromatic rings. The van der Waals surface area contributed by atoms with Crippen LogP contribution in [0, 0.1) is 5.41 Å². The standard InChI is InChI=1S/C20H28N2O2/c1-19(2,3)24-18(23)22-12-16(13-22)14-5-6-17(21-11-14)15-9-20(10-15)7-4-8-20/h5-6,11,15-16H,4,7-10,12-13H2,1-3H3. The summed E-state index contributed by atoms with van der Waals surface area (Å²) in [5.41, 5.74) is 2.79. The van der Waals surface area contributed by atoms with Gasteiger partial charge in [0.1, 0.15) is 5.60 Å². The molecule has 0 aromatic carbocycles. The maximum Gasteiger partial charge on any atom is 0.410 e. The molecule has 1 amide bonds. The molecular formula is C20H28N2O2. The molecule has 0 N–H and O–H groups in total. The normalized spacial score (nSPS) is 23.4. The number of rotatable bonds is 2. The average Bonchev–Trinajstić information content (AvgIpc) is 2.33. The highest BCUT2D eigenvalue weighted by atomic mass is 16.6. The number of aromatic nitrogens is 1. The molecule has 1 saturated heterocycles. The number of amides is 1. The van der Waals surface area contributed by atoms with Crippen LogP contribution in [0.2, 0.25) is 0 Å². The van der Waals surface area contributed by atoms with Crippen LogP contribution in [-0.2, 0) is 4.74 Å². The van der Waals surface area contributed by atoms with Crippen molar-refractivity contribution in [3.63, 3.8) is 0 Å². The molecule has 1 aromatic heterocycles. The van der Waals surface area contributed by atoms with E-state index in [0.717, 1.165) is 13.1 Å². The third-order valence-electron chi connectivity index (χ3n) is 6.01. The van der Waals surface area contributed by atoms with Gasteiger partial charge in [-0.1, -0.05) is 12.5 Å². The number of pyridine rings is 1. The van der Waals surface area contributed by atoms with E-state index in [2.05, 4.69) is 12.1 Å². The van der Waals surface area contributed by atoms with Gasteiger partial charge < -0.3 is 9.64 Å². The molecular weight excluding hydrogens is 300 g/mol. The van der Waals surface area contributed by atoms with Crippen LogP contribution in [0.15, 0.2) is 18.3 Å². The number of likely N-dealkylation sites (tertiary alicyclic amines) is 1. The molecule has 4 rings (SSSR count). The number of ether oxygens (including phenoxy) is 1. The first kappa shape index (κ1) is 15.9. The highest BCUT2D eigenvalue weighted by Crippen LogP contribution is 2.61. The van der Waals surface area contributed by atoms with Gasteiger partial charge in [0.25, 0.3) is 0 Å². The number of hydrogen-bond acceptors (Lipinski definition) is 3. The van der Waals surface area contributed by atoms with Crippen molar-refractivity contribution < 1.29 is 9.53 Å². The highest BCUT2D eigenvalue weighted by Gasteiger charge is 2.48. The fraction of sp³-hybridized carbons (Fsp3) is 0.700. The largest absolute Gasteiger partial charge is 0.444 e. The molecule has 130 valence electrons. The van der Waals surface area contributed by atoms with E-state index in [9.17, 15) is 4.79 Å². The third kappa shape index (κ3) is 2.91. The summed E-state index contributed by atoms with van der Waals surface area (Å²) in [6.45, 7) is 7.18. The fourth-order valence-corrected chi connectivity index (χ4v) is 4.34.